The number of nitrogen functional groups attached to an aromatic ring is 1. The summed E-state index contributed by atoms with van der Waals surface area (Å²) < 4.78 is 26.7. The molecule has 0 saturated carbocycles. The Bertz CT molecular complexity index is 529. The SMILES string of the molecule is Cc1c(N)cc(Cl)cc1S(=O)(=O)NCCN(C)C. The molecule has 0 aliphatic heterocycles. The molecule has 0 unspecified atom stereocenters. The van der Waals surface area contributed by atoms with Gasteiger partial charge in [0, 0.05) is 23.8 Å². The van der Waals surface area contributed by atoms with Crippen molar-refractivity contribution >= 4 is 27.3 Å². The van der Waals surface area contributed by atoms with Gasteiger partial charge in [-0.25, -0.2) is 13.1 Å². The molecule has 0 heterocycles. The van der Waals surface area contributed by atoms with Crippen LogP contribution >= 0.6 is 11.6 Å². The van der Waals surface area contributed by atoms with Crippen LogP contribution in [-0.4, -0.2) is 40.5 Å². The van der Waals surface area contributed by atoms with E-state index >= 15 is 0 Å². The molecule has 7 heteroatoms. The number of hydrogen-bond donors (Lipinski definition) is 2. The highest BCUT2D eigenvalue weighted by Crippen LogP contribution is 2.25. The lowest BCUT2D eigenvalue weighted by Crippen LogP contribution is -2.31. The number of nitrogens with two attached hydrogens (primary N) is 1. The fourth-order valence-electron chi connectivity index (χ4n) is 1.43. The van der Waals surface area contributed by atoms with Crippen LogP contribution in [0.2, 0.25) is 5.02 Å². The lowest BCUT2D eigenvalue weighted by atomic mass is 10.2. The van der Waals surface area contributed by atoms with Crippen molar-refractivity contribution in [3.63, 3.8) is 0 Å². The fraction of sp³-hybridized carbons (Fsp3) is 0.455. The van der Waals surface area contributed by atoms with Gasteiger partial charge >= 0.3 is 0 Å². The minimum Gasteiger partial charge on any atom is -0.398 e. The van der Waals surface area contributed by atoms with Gasteiger partial charge in [0.2, 0.25) is 10.0 Å². The Morgan fingerprint density at radius 2 is 2.00 bits per heavy atom. The van der Waals surface area contributed by atoms with E-state index in [1.807, 2.05) is 19.0 Å². The molecular formula is C11H18ClN3O2S. The molecule has 1 aromatic rings. The molecule has 0 fully saturated rings. The van der Waals surface area contributed by atoms with Gasteiger partial charge < -0.3 is 10.6 Å². The monoisotopic (exact) mass is 291 g/mol. The molecule has 5 nitrogen and oxygen atoms in total. The van der Waals surface area contributed by atoms with E-state index in [1.165, 1.54) is 12.1 Å². The molecular weight excluding hydrogens is 274 g/mol. The second-order valence-electron chi connectivity index (χ2n) is 4.32. The van der Waals surface area contributed by atoms with Gasteiger partial charge in [-0.05, 0) is 38.7 Å². The zero-order valence-electron chi connectivity index (χ0n) is 10.7. The molecule has 3 N–H and O–H groups in total. The molecule has 0 radical (unpaired) electrons. The maximum atomic E-state index is 12.1. The lowest BCUT2D eigenvalue weighted by Gasteiger charge is -2.13. The zero-order valence-corrected chi connectivity index (χ0v) is 12.3. The Morgan fingerprint density at radius 3 is 2.56 bits per heavy atom. The predicted octanol–water partition coefficient (Wildman–Crippen LogP) is 1.07. The number of nitrogens with zero attached hydrogens (tertiary/aromatic N) is 1. The van der Waals surface area contributed by atoms with Gasteiger partial charge in [0.15, 0.2) is 0 Å². The van der Waals surface area contributed by atoms with Crippen molar-refractivity contribution in [2.45, 2.75) is 11.8 Å². The standard InChI is InChI=1S/C11H18ClN3O2S/c1-8-10(13)6-9(12)7-11(8)18(16,17)14-4-5-15(2)3/h6-7,14H,4-5,13H2,1-3H3. The molecule has 102 valence electrons. The molecule has 0 saturated heterocycles. The van der Waals surface area contributed by atoms with Gasteiger partial charge in [-0.15, -0.1) is 0 Å². The van der Waals surface area contributed by atoms with Crippen molar-refractivity contribution in [2.75, 3.05) is 32.9 Å². The highest BCUT2D eigenvalue weighted by molar-refractivity contribution is 7.89. The number of rotatable bonds is 5. The van der Waals surface area contributed by atoms with E-state index in [2.05, 4.69) is 4.72 Å². The Hall–Kier alpha value is -0.820. The number of anilines is 1. The largest absolute Gasteiger partial charge is 0.398 e. The maximum absolute atomic E-state index is 12.1. The quantitative estimate of drug-likeness (QED) is 0.796. The summed E-state index contributed by atoms with van der Waals surface area (Å²) >= 11 is 5.83. The molecule has 18 heavy (non-hydrogen) atoms. The first-order chi connectivity index (χ1) is 8.24. The average molecular weight is 292 g/mol. The van der Waals surface area contributed by atoms with Crippen molar-refractivity contribution < 1.29 is 8.42 Å². The number of nitrogens with one attached hydrogen (secondary N) is 1. The molecule has 1 aromatic carbocycles. The number of benzene rings is 1. The minimum atomic E-state index is -3.57. The van der Waals surface area contributed by atoms with E-state index in [0.717, 1.165) is 0 Å². The van der Waals surface area contributed by atoms with E-state index in [-0.39, 0.29) is 4.90 Å². The molecule has 0 atom stereocenters. The van der Waals surface area contributed by atoms with Crippen LogP contribution in [0.5, 0.6) is 0 Å². The van der Waals surface area contributed by atoms with Gasteiger partial charge in [0.05, 0.1) is 4.90 Å². The van der Waals surface area contributed by atoms with E-state index in [9.17, 15) is 8.42 Å². The van der Waals surface area contributed by atoms with Crippen LogP contribution in [0.1, 0.15) is 5.56 Å². The van der Waals surface area contributed by atoms with Crippen molar-refractivity contribution in [1.29, 1.82) is 0 Å². The smallest absolute Gasteiger partial charge is 0.241 e. The number of likely N-dealkylation sites (N-methyl/N-ethyl adjacent to an activating group) is 1. The van der Waals surface area contributed by atoms with Crippen molar-refractivity contribution in [3.05, 3.63) is 22.7 Å². The van der Waals surface area contributed by atoms with E-state index < -0.39 is 10.0 Å². The molecule has 0 bridgehead atoms. The van der Waals surface area contributed by atoms with Crippen molar-refractivity contribution in [2.24, 2.45) is 0 Å². The van der Waals surface area contributed by atoms with Crippen LogP contribution in [0.25, 0.3) is 0 Å². The van der Waals surface area contributed by atoms with Crippen LogP contribution in [0.15, 0.2) is 17.0 Å². The first kappa shape index (κ1) is 15.2. The zero-order chi connectivity index (χ0) is 13.9. The van der Waals surface area contributed by atoms with Gasteiger partial charge in [-0.2, -0.15) is 0 Å². The van der Waals surface area contributed by atoms with Crippen LogP contribution in [0.4, 0.5) is 5.69 Å². The fourth-order valence-corrected chi connectivity index (χ4v) is 3.04. The third-order valence-electron chi connectivity index (χ3n) is 2.51. The van der Waals surface area contributed by atoms with Crippen molar-refractivity contribution in [1.82, 2.24) is 9.62 Å². The summed E-state index contributed by atoms with van der Waals surface area (Å²) in [5.74, 6) is 0. The maximum Gasteiger partial charge on any atom is 0.241 e. The Kier molecular flexibility index (Phi) is 4.98. The van der Waals surface area contributed by atoms with Crippen LogP contribution in [-0.2, 0) is 10.0 Å². The Morgan fingerprint density at radius 1 is 1.39 bits per heavy atom. The first-order valence-corrected chi connectivity index (χ1v) is 7.30. The minimum absolute atomic E-state index is 0.131. The summed E-state index contributed by atoms with van der Waals surface area (Å²) in [6.45, 7) is 2.61. The molecule has 0 amide bonds. The summed E-state index contributed by atoms with van der Waals surface area (Å²) in [6.07, 6.45) is 0. The predicted molar refractivity (Wildman–Crippen MR) is 74.3 cm³/mol. The van der Waals surface area contributed by atoms with Gasteiger partial charge in [0.25, 0.3) is 0 Å². The van der Waals surface area contributed by atoms with Crippen LogP contribution in [0, 0.1) is 6.92 Å². The van der Waals surface area contributed by atoms with Gasteiger partial charge in [-0.1, -0.05) is 11.6 Å². The number of hydrogen-bond acceptors (Lipinski definition) is 4. The van der Waals surface area contributed by atoms with E-state index in [0.29, 0.717) is 29.4 Å². The Balaban J connectivity index is 2.98. The van der Waals surface area contributed by atoms with Gasteiger partial charge in [-0.3, -0.25) is 0 Å². The summed E-state index contributed by atoms with van der Waals surface area (Å²) in [5.41, 5.74) is 6.59. The second-order valence-corrected chi connectivity index (χ2v) is 6.49. The molecule has 0 aliphatic carbocycles. The molecule has 1 rings (SSSR count). The summed E-state index contributed by atoms with van der Waals surface area (Å²) in [5, 5.41) is 0.311. The summed E-state index contributed by atoms with van der Waals surface area (Å²) in [7, 11) is 0.171. The average Bonchev–Trinajstić information content (AvgIpc) is 2.22. The van der Waals surface area contributed by atoms with Gasteiger partial charge in [0.1, 0.15) is 0 Å². The third-order valence-corrected chi connectivity index (χ3v) is 4.31. The third kappa shape index (κ3) is 3.84. The highest BCUT2D eigenvalue weighted by atomic mass is 35.5. The first-order valence-electron chi connectivity index (χ1n) is 5.44. The van der Waals surface area contributed by atoms with E-state index in [1.54, 1.807) is 6.92 Å². The molecule has 0 spiro atoms. The molecule has 0 aromatic heterocycles. The van der Waals surface area contributed by atoms with Crippen LogP contribution in [0.3, 0.4) is 0 Å². The summed E-state index contributed by atoms with van der Waals surface area (Å²) in [4.78, 5) is 2.02. The molecule has 0 aliphatic rings. The second kappa shape index (κ2) is 5.88. The number of halogens is 1. The number of sulfonamides is 1. The summed E-state index contributed by atoms with van der Waals surface area (Å²) in [6, 6.07) is 2.95. The topological polar surface area (TPSA) is 75.4 Å². The lowest BCUT2D eigenvalue weighted by molar-refractivity contribution is 0.412. The highest BCUT2D eigenvalue weighted by Gasteiger charge is 2.18. The normalized spacial score (nSPS) is 12.1. The van der Waals surface area contributed by atoms with Crippen molar-refractivity contribution in [3.8, 4) is 0 Å². The van der Waals surface area contributed by atoms with E-state index in [4.69, 9.17) is 17.3 Å². The Labute approximate surface area is 113 Å². The van der Waals surface area contributed by atoms with Crippen LogP contribution < -0.4 is 10.5 Å².